The average Bonchev–Trinajstić information content (AvgIpc) is 3.23. The fourth-order valence-corrected chi connectivity index (χ4v) is 4.14. The molecule has 4 rings (SSSR count). The van der Waals surface area contributed by atoms with Crippen LogP contribution in [0.2, 0.25) is 0 Å². The molecule has 0 saturated carbocycles. The molecule has 1 saturated heterocycles. The third kappa shape index (κ3) is 4.38. The molecule has 7 nitrogen and oxygen atoms in total. The van der Waals surface area contributed by atoms with Crippen molar-refractivity contribution in [3.8, 4) is 0 Å². The molecule has 3 aromatic rings. The van der Waals surface area contributed by atoms with Crippen molar-refractivity contribution in [3.63, 3.8) is 0 Å². The van der Waals surface area contributed by atoms with E-state index in [1.54, 1.807) is 6.20 Å². The van der Waals surface area contributed by atoms with Gasteiger partial charge in [-0.3, -0.25) is 9.59 Å². The standard InChI is InChI=1S/C25H31N5O2/c1-16(2)22-14-20(21-15-26-30(17(3)4)23(21)28-22)25(32)29-12-10-19(11-13-29)27-24(31)18-8-6-5-7-9-18/h5-9,14-17,19H,10-13H2,1-4H3,(H,27,31). The van der Waals surface area contributed by atoms with Gasteiger partial charge in [0.25, 0.3) is 11.8 Å². The number of nitrogens with one attached hydrogen (secondary N) is 1. The quantitative estimate of drug-likeness (QED) is 0.655. The number of amides is 2. The second-order valence-corrected chi connectivity index (χ2v) is 9.08. The van der Waals surface area contributed by atoms with Crippen molar-refractivity contribution in [1.82, 2.24) is 25.0 Å². The highest BCUT2D eigenvalue weighted by Crippen LogP contribution is 2.26. The van der Waals surface area contributed by atoms with Crippen LogP contribution in [0.25, 0.3) is 11.0 Å². The van der Waals surface area contributed by atoms with Crippen LogP contribution in [0.5, 0.6) is 0 Å². The molecule has 1 aromatic carbocycles. The Labute approximate surface area is 188 Å². The van der Waals surface area contributed by atoms with Crippen molar-refractivity contribution in [1.29, 1.82) is 0 Å². The van der Waals surface area contributed by atoms with Crippen molar-refractivity contribution >= 4 is 22.8 Å². The molecule has 1 N–H and O–H groups in total. The number of pyridine rings is 1. The summed E-state index contributed by atoms with van der Waals surface area (Å²) in [4.78, 5) is 32.6. The molecule has 0 atom stereocenters. The number of piperidine rings is 1. The van der Waals surface area contributed by atoms with E-state index in [2.05, 4.69) is 38.1 Å². The van der Waals surface area contributed by atoms with Gasteiger partial charge >= 0.3 is 0 Å². The normalized spacial score (nSPS) is 15.0. The number of fused-ring (bicyclic) bond motifs is 1. The van der Waals surface area contributed by atoms with Gasteiger partial charge in [-0.1, -0.05) is 32.0 Å². The van der Waals surface area contributed by atoms with E-state index in [0.29, 0.717) is 24.2 Å². The van der Waals surface area contributed by atoms with Crippen LogP contribution in [-0.2, 0) is 0 Å². The molecular weight excluding hydrogens is 402 g/mol. The van der Waals surface area contributed by atoms with E-state index >= 15 is 0 Å². The van der Waals surface area contributed by atoms with Crippen LogP contribution in [-0.4, -0.2) is 50.6 Å². The third-order valence-electron chi connectivity index (χ3n) is 6.05. The molecule has 0 spiro atoms. The lowest BCUT2D eigenvalue weighted by Gasteiger charge is -2.32. The predicted octanol–water partition coefficient (Wildman–Crippen LogP) is 4.17. The summed E-state index contributed by atoms with van der Waals surface area (Å²) < 4.78 is 1.88. The van der Waals surface area contributed by atoms with Crippen molar-refractivity contribution in [2.24, 2.45) is 0 Å². The number of nitrogens with zero attached hydrogens (tertiary/aromatic N) is 4. The summed E-state index contributed by atoms with van der Waals surface area (Å²) in [6.07, 6.45) is 3.23. The van der Waals surface area contributed by atoms with Crippen LogP contribution < -0.4 is 5.32 Å². The Bertz CT molecular complexity index is 1110. The van der Waals surface area contributed by atoms with Crippen molar-refractivity contribution in [2.45, 2.75) is 58.5 Å². The lowest BCUT2D eigenvalue weighted by molar-refractivity contribution is 0.0699. The molecule has 2 aromatic heterocycles. The monoisotopic (exact) mass is 433 g/mol. The van der Waals surface area contributed by atoms with E-state index in [-0.39, 0.29) is 29.8 Å². The number of likely N-dealkylation sites (tertiary alicyclic amines) is 1. The van der Waals surface area contributed by atoms with Crippen LogP contribution in [0, 0.1) is 0 Å². The Morgan fingerprint density at radius 2 is 1.75 bits per heavy atom. The minimum absolute atomic E-state index is 0.00967. The number of hydrogen-bond acceptors (Lipinski definition) is 4. The molecule has 1 aliphatic rings. The number of benzene rings is 1. The zero-order valence-corrected chi connectivity index (χ0v) is 19.2. The summed E-state index contributed by atoms with van der Waals surface area (Å²) in [6, 6.07) is 11.4. The Hall–Kier alpha value is -3.22. The summed E-state index contributed by atoms with van der Waals surface area (Å²) in [6.45, 7) is 9.51. The highest BCUT2D eigenvalue weighted by molar-refractivity contribution is 6.05. The van der Waals surface area contributed by atoms with Crippen LogP contribution in [0.4, 0.5) is 0 Å². The lowest BCUT2D eigenvalue weighted by atomic mass is 10.0. The molecule has 0 bridgehead atoms. The van der Waals surface area contributed by atoms with E-state index in [4.69, 9.17) is 4.98 Å². The Morgan fingerprint density at radius 3 is 2.38 bits per heavy atom. The highest BCUT2D eigenvalue weighted by Gasteiger charge is 2.27. The minimum atomic E-state index is -0.0612. The molecule has 1 fully saturated rings. The average molecular weight is 434 g/mol. The first-order valence-electron chi connectivity index (χ1n) is 11.4. The van der Waals surface area contributed by atoms with Gasteiger partial charge in [0.05, 0.1) is 17.1 Å². The van der Waals surface area contributed by atoms with Crippen LogP contribution in [0.15, 0.2) is 42.6 Å². The first-order valence-corrected chi connectivity index (χ1v) is 11.4. The number of carbonyl (C=O) groups excluding carboxylic acids is 2. The number of aromatic nitrogens is 3. The van der Waals surface area contributed by atoms with Gasteiger partial charge in [0.15, 0.2) is 5.65 Å². The zero-order valence-electron chi connectivity index (χ0n) is 19.2. The first kappa shape index (κ1) is 22.0. The second-order valence-electron chi connectivity index (χ2n) is 9.08. The summed E-state index contributed by atoms with van der Waals surface area (Å²) in [5.41, 5.74) is 2.98. The van der Waals surface area contributed by atoms with E-state index < -0.39 is 0 Å². The van der Waals surface area contributed by atoms with Gasteiger partial charge in [0, 0.05) is 36.4 Å². The smallest absolute Gasteiger partial charge is 0.254 e. The molecule has 0 aliphatic carbocycles. The van der Waals surface area contributed by atoms with Gasteiger partial charge in [-0.25, -0.2) is 9.67 Å². The molecule has 3 heterocycles. The SMILES string of the molecule is CC(C)c1cc(C(=O)N2CCC(NC(=O)c3ccccc3)CC2)c2cnn(C(C)C)c2n1. The largest absolute Gasteiger partial charge is 0.349 e. The lowest BCUT2D eigenvalue weighted by Crippen LogP contribution is -2.46. The number of hydrogen-bond donors (Lipinski definition) is 1. The topological polar surface area (TPSA) is 80.1 Å². The van der Waals surface area contributed by atoms with Gasteiger partial charge in [0.1, 0.15) is 0 Å². The molecule has 7 heteroatoms. The van der Waals surface area contributed by atoms with Gasteiger partial charge < -0.3 is 10.2 Å². The first-order chi connectivity index (χ1) is 15.3. The van der Waals surface area contributed by atoms with Crippen LogP contribution in [0.1, 0.15) is 78.9 Å². The maximum absolute atomic E-state index is 13.5. The van der Waals surface area contributed by atoms with Crippen LogP contribution in [0.3, 0.4) is 0 Å². The zero-order chi connectivity index (χ0) is 22.8. The van der Waals surface area contributed by atoms with Crippen molar-refractivity contribution in [2.75, 3.05) is 13.1 Å². The Kier molecular flexibility index (Phi) is 6.26. The second kappa shape index (κ2) is 9.10. The minimum Gasteiger partial charge on any atom is -0.349 e. The Morgan fingerprint density at radius 1 is 1.06 bits per heavy atom. The molecule has 168 valence electrons. The van der Waals surface area contributed by atoms with E-state index in [1.165, 1.54) is 0 Å². The fourth-order valence-electron chi connectivity index (χ4n) is 4.14. The summed E-state index contributed by atoms with van der Waals surface area (Å²) in [5.74, 6) is 0.157. The number of rotatable bonds is 5. The van der Waals surface area contributed by atoms with Crippen LogP contribution >= 0.6 is 0 Å². The summed E-state index contributed by atoms with van der Waals surface area (Å²) in [7, 11) is 0. The summed E-state index contributed by atoms with van der Waals surface area (Å²) in [5, 5.41) is 8.40. The van der Waals surface area contributed by atoms with Gasteiger partial charge in [-0.15, -0.1) is 0 Å². The Balaban J connectivity index is 1.50. The molecule has 2 amide bonds. The maximum Gasteiger partial charge on any atom is 0.254 e. The van der Waals surface area contributed by atoms with E-state index in [9.17, 15) is 9.59 Å². The van der Waals surface area contributed by atoms with E-state index in [0.717, 1.165) is 29.6 Å². The number of carbonyl (C=O) groups is 2. The highest BCUT2D eigenvalue weighted by atomic mass is 16.2. The fraction of sp³-hybridized carbons (Fsp3) is 0.440. The van der Waals surface area contributed by atoms with E-state index in [1.807, 2.05) is 46.0 Å². The summed E-state index contributed by atoms with van der Waals surface area (Å²) >= 11 is 0. The van der Waals surface area contributed by atoms with Gasteiger partial charge in [-0.05, 0) is 50.8 Å². The van der Waals surface area contributed by atoms with Gasteiger partial charge in [0.2, 0.25) is 0 Å². The maximum atomic E-state index is 13.5. The predicted molar refractivity (Wildman–Crippen MR) is 125 cm³/mol. The van der Waals surface area contributed by atoms with Crippen molar-refractivity contribution in [3.05, 3.63) is 59.4 Å². The molecule has 32 heavy (non-hydrogen) atoms. The molecular formula is C25H31N5O2. The molecule has 0 radical (unpaired) electrons. The molecule has 1 aliphatic heterocycles. The van der Waals surface area contributed by atoms with Gasteiger partial charge in [-0.2, -0.15) is 5.10 Å². The third-order valence-corrected chi connectivity index (χ3v) is 6.05. The van der Waals surface area contributed by atoms with Crippen molar-refractivity contribution < 1.29 is 9.59 Å². The molecule has 0 unspecified atom stereocenters.